The molecular formula is C16H16N4O2S. The van der Waals surface area contributed by atoms with Gasteiger partial charge in [0.05, 0.1) is 12.1 Å². The van der Waals surface area contributed by atoms with Crippen molar-refractivity contribution >= 4 is 17.6 Å². The molecule has 0 aromatic heterocycles. The van der Waals surface area contributed by atoms with E-state index in [2.05, 4.69) is 17.1 Å². The van der Waals surface area contributed by atoms with Crippen molar-refractivity contribution in [3.8, 4) is 12.1 Å². The predicted molar refractivity (Wildman–Crippen MR) is 85.4 cm³/mol. The van der Waals surface area contributed by atoms with E-state index in [-0.39, 0.29) is 5.84 Å². The Morgan fingerprint density at radius 2 is 1.78 bits per heavy atom. The molecule has 1 heterocycles. The summed E-state index contributed by atoms with van der Waals surface area (Å²) >= 11 is 1.62. The summed E-state index contributed by atoms with van der Waals surface area (Å²) in [6.07, 6.45) is 1.99. The maximum absolute atomic E-state index is 9.92. The maximum atomic E-state index is 9.92. The molecule has 1 aromatic carbocycles. The lowest BCUT2D eigenvalue weighted by Crippen LogP contribution is -2.41. The summed E-state index contributed by atoms with van der Waals surface area (Å²) in [6, 6.07) is 12.2. The van der Waals surface area contributed by atoms with E-state index in [9.17, 15) is 10.5 Å². The third-order valence-corrected chi connectivity index (χ3v) is 5.67. The highest BCUT2D eigenvalue weighted by atomic mass is 32.2. The van der Waals surface area contributed by atoms with Crippen LogP contribution in [0.5, 0.6) is 0 Å². The quantitative estimate of drug-likeness (QED) is 0.668. The highest BCUT2D eigenvalue weighted by molar-refractivity contribution is 7.98. The van der Waals surface area contributed by atoms with Crippen LogP contribution in [0, 0.1) is 33.5 Å². The summed E-state index contributed by atoms with van der Waals surface area (Å²) in [5, 5.41) is 19.7. The van der Waals surface area contributed by atoms with Crippen LogP contribution < -0.4 is 5.73 Å². The molecule has 6 nitrogen and oxygen atoms in total. The Balaban J connectivity index is 2.18. The van der Waals surface area contributed by atoms with Gasteiger partial charge >= 0.3 is 0 Å². The van der Waals surface area contributed by atoms with E-state index in [0.29, 0.717) is 0 Å². The van der Waals surface area contributed by atoms with Crippen LogP contribution in [-0.2, 0) is 9.47 Å². The van der Waals surface area contributed by atoms with Gasteiger partial charge in [0, 0.05) is 25.0 Å². The summed E-state index contributed by atoms with van der Waals surface area (Å²) in [5.41, 5.74) is 4.38. The third kappa shape index (κ3) is 1.52. The first-order chi connectivity index (χ1) is 11.0. The first kappa shape index (κ1) is 15.8. The topological polar surface area (TPSA) is 104 Å². The molecule has 2 N–H and O–H groups in total. The number of nitrogens with two attached hydrogens (primary N) is 1. The van der Waals surface area contributed by atoms with Crippen LogP contribution in [0.2, 0.25) is 0 Å². The molecule has 0 unspecified atom stereocenters. The molecule has 1 saturated carbocycles. The van der Waals surface area contributed by atoms with E-state index in [1.54, 1.807) is 11.8 Å². The van der Waals surface area contributed by atoms with Crippen LogP contribution in [0.1, 0.15) is 11.5 Å². The zero-order chi connectivity index (χ0) is 16.9. The normalized spacial score (nSPS) is 33.3. The van der Waals surface area contributed by atoms with Gasteiger partial charge in [-0.1, -0.05) is 12.1 Å². The average molecular weight is 328 g/mol. The highest BCUT2D eigenvalue weighted by Crippen LogP contribution is 2.81. The van der Waals surface area contributed by atoms with Gasteiger partial charge in [-0.05, 0) is 24.0 Å². The van der Waals surface area contributed by atoms with Gasteiger partial charge in [0.15, 0.2) is 5.41 Å². The number of nitrogens with zero attached hydrogens (tertiary/aromatic N) is 3. The lowest BCUT2D eigenvalue weighted by Gasteiger charge is -2.29. The van der Waals surface area contributed by atoms with E-state index in [1.807, 2.05) is 30.5 Å². The monoisotopic (exact) mass is 328 g/mol. The molecule has 2 aliphatic rings. The smallest absolute Gasteiger partial charge is 0.292 e. The van der Waals surface area contributed by atoms with Gasteiger partial charge in [-0.2, -0.15) is 10.5 Å². The van der Waals surface area contributed by atoms with Crippen molar-refractivity contribution in [2.75, 3.05) is 20.5 Å². The second-order valence-electron chi connectivity index (χ2n) is 5.53. The molecule has 0 amide bonds. The van der Waals surface area contributed by atoms with E-state index in [4.69, 9.17) is 15.2 Å². The summed E-state index contributed by atoms with van der Waals surface area (Å²) in [5.74, 6) is -1.92. The number of hydrogen-bond acceptors (Lipinski definition) is 7. The molecule has 0 bridgehead atoms. The number of amidine groups is 1. The maximum Gasteiger partial charge on any atom is 0.292 e. The van der Waals surface area contributed by atoms with E-state index >= 15 is 0 Å². The minimum Gasteiger partial charge on any atom is -0.386 e. The number of aliphatic imine (C=N–C) groups is 1. The standard InChI is InChI=1S/C16H16N4O2S/c1-21-16(22-2)15(9-18)12(14(15,8-17)13(19)20-16)10-4-6-11(23-3)7-5-10/h4-7,12H,1-3H3,(H2,19,20)/t12-,14-,15+/m0/s1. The van der Waals surface area contributed by atoms with Crippen molar-refractivity contribution in [3.63, 3.8) is 0 Å². The van der Waals surface area contributed by atoms with Gasteiger partial charge in [0.25, 0.3) is 5.91 Å². The number of methoxy groups -OCH3 is 2. The summed E-state index contributed by atoms with van der Waals surface area (Å²) in [4.78, 5) is 5.28. The molecular weight excluding hydrogens is 312 g/mol. The van der Waals surface area contributed by atoms with Gasteiger partial charge < -0.3 is 15.2 Å². The molecule has 118 valence electrons. The number of benzene rings is 1. The average Bonchev–Trinajstić information content (AvgIpc) is 3.17. The minimum absolute atomic E-state index is 0.0872. The number of nitriles is 2. The fourth-order valence-electron chi connectivity index (χ4n) is 3.82. The van der Waals surface area contributed by atoms with Crippen LogP contribution in [0.3, 0.4) is 0 Å². The number of fused-ring (bicyclic) bond motifs is 1. The van der Waals surface area contributed by atoms with Crippen LogP contribution >= 0.6 is 11.8 Å². The number of rotatable bonds is 4. The van der Waals surface area contributed by atoms with E-state index in [0.717, 1.165) is 10.5 Å². The van der Waals surface area contributed by atoms with Crippen LogP contribution in [0.25, 0.3) is 0 Å². The first-order valence-corrected chi connectivity index (χ1v) is 8.18. The predicted octanol–water partition coefficient (Wildman–Crippen LogP) is 1.84. The Morgan fingerprint density at radius 1 is 1.17 bits per heavy atom. The molecule has 3 rings (SSSR count). The molecule has 0 radical (unpaired) electrons. The summed E-state index contributed by atoms with van der Waals surface area (Å²) in [7, 11) is 2.80. The van der Waals surface area contributed by atoms with Gasteiger partial charge in [0.2, 0.25) is 0 Å². The van der Waals surface area contributed by atoms with Gasteiger partial charge in [-0.25, -0.2) is 4.99 Å². The number of thioether (sulfide) groups is 1. The largest absolute Gasteiger partial charge is 0.386 e. The third-order valence-electron chi connectivity index (χ3n) is 4.93. The van der Waals surface area contributed by atoms with Crippen molar-refractivity contribution in [1.82, 2.24) is 0 Å². The van der Waals surface area contributed by atoms with Gasteiger partial charge in [-0.3, -0.25) is 0 Å². The second kappa shape index (κ2) is 4.97. The van der Waals surface area contributed by atoms with Crippen molar-refractivity contribution in [2.24, 2.45) is 21.6 Å². The Hall–Kier alpha value is -2.06. The minimum atomic E-state index is -1.57. The molecule has 3 atom stereocenters. The Morgan fingerprint density at radius 3 is 2.22 bits per heavy atom. The molecule has 23 heavy (non-hydrogen) atoms. The highest BCUT2D eigenvalue weighted by Gasteiger charge is 2.93. The molecule has 0 spiro atoms. The number of ether oxygens (including phenoxy) is 2. The zero-order valence-corrected chi connectivity index (χ0v) is 13.8. The summed E-state index contributed by atoms with van der Waals surface area (Å²) < 4.78 is 10.8. The second-order valence-corrected chi connectivity index (χ2v) is 6.41. The summed E-state index contributed by atoms with van der Waals surface area (Å²) in [6.45, 7) is 0. The van der Waals surface area contributed by atoms with Gasteiger partial charge in [0.1, 0.15) is 11.3 Å². The Labute approximate surface area is 138 Å². The Kier molecular flexibility index (Phi) is 3.42. The van der Waals surface area contributed by atoms with E-state index < -0.39 is 22.7 Å². The van der Waals surface area contributed by atoms with Crippen LogP contribution in [0.4, 0.5) is 0 Å². The van der Waals surface area contributed by atoms with Crippen molar-refractivity contribution < 1.29 is 9.47 Å². The first-order valence-electron chi connectivity index (χ1n) is 6.96. The van der Waals surface area contributed by atoms with Crippen molar-refractivity contribution in [3.05, 3.63) is 29.8 Å². The molecule has 1 aliphatic carbocycles. The zero-order valence-electron chi connectivity index (χ0n) is 13.0. The van der Waals surface area contributed by atoms with Gasteiger partial charge in [-0.15, -0.1) is 11.8 Å². The lowest BCUT2D eigenvalue weighted by molar-refractivity contribution is -0.230. The Bertz CT molecular complexity index is 760. The van der Waals surface area contributed by atoms with E-state index in [1.165, 1.54) is 14.2 Å². The molecule has 1 aliphatic heterocycles. The fraction of sp³-hybridized carbons (Fsp3) is 0.438. The molecule has 1 fully saturated rings. The number of hydrogen-bond donors (Lipinski definition) is 1. The lowest BCUT2D eigenvalue weighted by atomic mass is 9.93. The SMILES string of the molecule is COC1(OC)N=C(N)[C@]2(C#N)[C@H](c3ccc(SC)cc3)[C@@]12C#N. The van der Waals surface area contributed by atoms with Crippen LogP contribution in [-0.4, -0.2) is 32.2 Å². The van der Waals surface area contributed by atoms with Crippen molar-refractivity contribution in [2.45, 2.75) is 16.7 Å². The molecule has 0 saturated heterocycles. The van der Waals surface area contributed by atoms with Crippen LogP contribution in [0.15, 0.2) is 34.2 Å². The molecule has 1 aromatic rings. The van der Waals surface area contributed by atoms with Crippen molar-refractivity contribution in [1.29, 1.82) is 10.5 Å². The fourth-order valence-corrected chi connectivity index (χ4v) is 4.23. The molecule has 7 heteroatoms.